The van der Waals surface area contributed by atoms with Crippen molar-refractivity contribution in [3.8, 4) is 0 Å². The van der Waals surface area contributed by atoms with Crippen LogP contribution in [0.2, 0.25) is 5.02 Å². The van der Waals surface area contributed by atoms with E-state index in [0.29, 0.717) is 0 Å². The topological polar surface area (TPSA) is 49.4 Å². The highest BCUT2D eigenvalue weighted by Gasteiger charge is 2.33. The predicted molar refractivity (Wildman–Crippen MR) is 61.8 cm³/mol. The van der Waals surface area contributed by atoms with Crippen molar-refractivity contribution in [1.82, 2.24) is 5.32 Å². The molecule has 1 heterocycles. The number of anilines is 1. The van der Waals surface area contributed by atoms with Crippen LogP contribution in [-0.4, -0.2) is 24.9 Å². The number of halogens is 4. The standard InChI is InChI=1S/C11H8ClF3N2O2/c12-7-1-6(11(13,14)15)2-8(3-7)17-5-9(18)16-4-10(17)19/h1-3H,4-5H2,(H,16,18). The van der Waals surface area contributed by atoms with E-state index in [-0.39, 0.29) is 23.8 Å². The number of rotatable bonds is 1. The zero-order valence-electron chi connectivity index (χ0n) is 9.42. The Morgan fingerprint density at radius 2 is 1.89 bits per heavy atom. The van der Waals surface area contributed by atoms with Gasteiger partial charge in [0.25, 0.3) is 0 Å². The Labute approximate surface area is 111 Å². The van der Waals surface area contributed by atoms with E-state index in [9.17, 15) is 22.8 Å². The molecule has 0 aromatic heterocycles. The molecule has 1 saturated heterocycles. The number of nitrogens with one attached hydrogen (secondary N) is 1. The third kappa shape index (κ3) is 2.98. The summed E-state index contributed by atoms with van der Waals surface area (Å²) in [5, 5.41) is 2.16. The molecule has 8 heteroatoms. The van der Waals surface area contributed by atoms with E-state index in [0.717, 1.165) is 17.0 Å². The minimum atomic E-state index is -4.57. The normalized spacial score (nSPS) is 16.5. The highest BCUT2D eigenvalue weighted by atomic mass is 35.5. The molecule has 0 unspecified atom stereocenters. The van der Waals surface area contributed by atoms with Gasteiger partial charge in [-0.25, -0.2) is 0 Å². The van der Waals surface area contributed by atoms with Crippen molar-refractivity contribution in [2.24, 2.45) is 0 Å². The van der Waals surface area contributed by atoms with Crippen molar-refractivity contribution in [2.45, 2.75) is 6.18 Å². The van der Waals surface area contributed by atoms with Crippen molar-refractivity contribution in [3.63, 3.8) is 0 Å². The van der Waals surface area contributed by atoms with Crippen LogP contribution in [-0.2, 0) is 15.8 Å². The fraction of sp³-hybridized carbons (Fsp3) is 0.273. The molecule has 1 aromatic carbocycles. The van der Waals surface area contributed by atoms with Gasteiger partial charge in [0.2, 0.25) is 11.8 Å². The van der Waals surface area contributed by atoms with Gasteiger partial charge in [-0.2, -0.15) is 13.2 Å². The summed E-state index contributed by atoms with van der Waals surface area (Å²) in [4.78, 5) is 23.8. The van der Waals surface area contributed by atoms with Gasteiger partial charge < -0.3 is 10.2 Å². The molecule has 19 heavy (non-hydrogen) atoms. The van der Waals surface area contributed by atoms with Gasteiger partial charge in [0.05, 0.1) is 12.1 Å². The first kappa shape index (κ1) is 13.7. The number of carbonyl (C=O) groups is 2. The van der Waals surface area contributed by atoms with Gasteiger partial charge in [0.1, 0.15) is 6.54 Å². The second-order valence-electron chi connectivity index (χ2n) is 3.95. The lowest BCUT2D eigenvalue weighted by molar-refractivity contribution is -0.137. The summed E-state index contributed by atoms with van der Waals surface area (Å²) in [7, 11) is 0. The van der Waals surface area contributed by atoms with Crippen LogP contribution in [0, 0.1) is 0 Å². The van der Waals surface area contributed by atoms with Crippen LogP contribution in [0.1, 0.15) is 5.56 Å². The van der Waals surface area contributed by atoms with Crippen molar-refractivity contribution >= 4 is 29.1 Å². The van der Waals surface area contributed by atoms with Gasteiger partial charge in [0.15, 0.2) is 0 Å². The summed E-state index contributed by atoms with van der Waals surface area (Å²) in [6.45, 7) is -0.566. The lowest BCUT2D eigenvalue weighted by atomic mass is 10.1. The Hall–Kier alpha value is -1.76. The summed E-state index contributed by atoms with van der Waals surface area (Å²) in [5.41, 5.74) is -1.01. The first-order valence-corrected chi connectivity index (χ1v) is 5.60. The van der Waals surface area contributed by atoms with Gasteiger partial charge in [-0.1, -0.05) is 11.6 Å². The number of piperazine rings is 1. The molecule has 4 nitrogen and oxygen atoms in total. The molecule has 102 valence electrons. The Morgan fingerprint density at radius 3 is 2.53 bits per heavy atom. The molecule has 1 fully saturated rings. The molecule has 0 aliphatic carbocycles. The lowest BCUT2D eigenvalue weighted by Crippen LogP contribution is -2.51. The second-order valence-corrected chi connectivity index (χ2v) is 4.39. The van der Waals surface area contributed by atoms with Gasteiger partial charge in [-0.15, -0.1) is 0 Å². The minimum absolute atomic E-state index is 0.0420. The third-order valence-electron chi connectivity index (χ3n) is 2.56. The smallest absolute Gasteiger partial charge is 0.345 e. The van der Waals surface area contributed by atoms with E-state index in [1.54, 1.807) is 0 Å². The fourth-order valence-corrected chi connectivity index (χ4v) is 1.92. The molecule has 1 aliphatic heterocycles. The minimum Gasteiger partial charge on any atom is -0.345 e. The number of alkyl halides is 3. The van der Waals surface area contributed by atoms with Crippen LogP contribution in [0.3, 0.4) is 0 Å². The van der Waals surface area contributed by atoms with Crippen molar-refractivity contribution in [1.29, 1.82) is 0 Å². The maximum absolute atomic E-state index is 12.6. The first-order chi connectivity index (χ1) is 8.77. The van der Waals surface area contributed by atoms with Crippen LogP contribution in [0.4, 0.5) is 18.9 Å². The maximum Gasteiger partial charge on any atom is 0.416 e. The fourth-order valence-electron chi connectivity index (χ4n) is 1.69. The van der Waals surface area contributed by atoms with Crippen LogP contribution >= 0.6 is 11.6 Å². The van der Waals surface area contributed by atoms with E-state index in [2.05, 4.69) is 5.32 Å². The van der Waals surface area contributed by atoms with Crippen LogP contribution in [0.15, 0.2) is 18.2 Å². The molecule has 0 spiro atoms. The summed E-state index contributed by atoms with van der Waals surface area (Å²) < 4.78 is 37.9. The van der Waals surface area contributed by atoms with Gasteiger partial charge >= 0.3 is 6.18 Å². The summed E-state index contributed by atoms with van der Waals surface area (Å²) in [6, 6.07) is 2.77. The van der Waals surface area contributed by atoms with E-state index >= 15 is 0 Å². The van der Waals surface area contributed by atoms with Crippen molar-refractivity contribution in [2.75, 3.05) is 18.0 Å². The van der Waals surface area contributed by atoms with Crippen LogP contribution in [0.5, 0.6) is 0 Å². The zero-order valence-corrected chi connectivity index (χ0v) is 10.2. The summed E-state index contributed by atoms with van der Waals surface area (Å²) >= 11 is 5.62. The highest BCUT2D eigenvalue weighted by Crippen LogP contribution is 2.34. The largest absolute Gasteiger partial charge is 0.416 e. The molecule has 0 bridgehead atoms. The van der Waals surface area contributed by atoms with E-state index in [1.807, 2.05) is 0 Å². The highest BCUT2D eigenvalue weighted by molar-refractivity contribution is 6.31. The molecule has 0 radical (unpaired) electrons. The van der Waals surface area contributed by atoms with Crippen molar-refractivity contribution < 1.29 is 22.8 Å². The van der Waals surface area contributed by atoms with Gasteiger partial charge in [-0.3, -0.25) is 9.59 Å². The Balaban J connectivity index is 2.41. The van der Waals surface area contributed by atoms with Crippen molar-refractivity contribution in [3.05, 3.63) is 28.8 Å². The number of carbonyl (C=O) groups excluding carboxylic acids is 2. The SMILES string of the molecule is O=C1CN(c2cc(Cl)cc(C(F)(F)F)c2)C(=O)CN1. The average Bonchev–Trinajstić information content (AvgIpc) is 2.30. The average molecular weight is 293 g/mol. The Morgan fingerprint density at radius 1 is 1.21 bits per heavy atom. The molecular formula is C11H8ClF3N2O2. The van der Waals surface area contributed by atoms with E-state index in [4.69, 9.17) is 11.6 Å². The lowest BCUT2D eigenvalue weighted by Gasteiger charge is -2.27. The first-order valence-electron chi connectivity index (χ1n) is 5.22. The van der Waals surface area contributed by atoms with Crippen LogP contribution < -0.4 is 10.2 Å². The molecule has 1 aliphatic rings. The predicted octanol–water partition coefficient (Wildman–Crippen LogP) is 1.82. The summed E-state index contributed by atoms with van der Waals surface area (Å²) in [5.74, 6) is -0.928. The Bertz CT molecular complexity index is 545. The molecule has 1 N–H and O–H groups in total. The molecule has 2 rings (SSSR count). The quantitative estimate of drug-likeness (QED) is 0.858. The van der Waals surface area contributed by atoms with E-state index < -0.39 is 23.6 Å². The second kappa shape index (κ2) is 4.73. The van der Waals surface area contributed by atoms with E-state index in [1.165, 1.54) is 6.07 Å². The van der Waals surface area contributed by atoms with Gasteiger partial charge in [0, 0.05) is 10.7 Å². The number of hydrogen-bond acceptors (Lipinski definition) is 2. The zero-order chi connectivity index (χ0) is 14.2. The molecule has 0 saturated carbocycles. The maximum atomic E-state index is 12.6. The summed E-state index contributed by atoms with van der Waals surface area (Å²) in [6.07, 6.45) is -4.57. The number of hydrogen-bond donors (Lipinski definition) is 1. The number of benzene rings is 1. The Kier molecular flexibility index (Phi) is 3.40. The molecule has 0 atom stereocenters. The monoisotopic (exact) mass is 292 g/mol. The third-order valence-corrected chi connectivity index (χ3v) is 2.78. The van der Waals surface area contributed by atoms with Crippen LogP contribution in [0.25, 0.3) is 0 Å². The molecule has 2 amide bonds. The van der Waals surface area contributed by atoms with Gasteiger partial charge in [-0.05, 0) is 18.2 Å². The molecule has 1 aromatic rings. The number of amides is 2. The number of nitrogens with zero attached hydrogens (tertiary/aromatic N) is 1. The molecular weight excluding hydrogens is 285 g/mol.